The third-order valence-corrected chi connectivity index (χ3v) is 4.42. The molecule has 6 heteroatoms. The van der Waals surface area contributed by atoms with Crippen molar-refractivity contribution in [2.24, 2.45) is 5.92 Å². The van der Waals surface area contributed by atoms with Crippen LogP contribution in [-0.2, 0) is 16.1 Å². The topological polar surface area (TPSA) is 58.6 Å². The van der Waals surface area contributed by atoms with Crippen molar-refractivity contribution in [1.82, 2.24) is 0 Å². The van der Waals surface area contributed by atoms with E-state index in [2.05, 4.69) is 5.32 Å². The van der Waals surface area contributed by atoms with E-state index in [1.807, 2.05) is 32.0 Å². The quantitative estimate of drug-likeness (QED) is 0.872. The Hall–Kier alpha value is -2.53. The lowest BCUT2D eigenvalue weighted by Gasteiger charge is -2.33. The Morgan fingerprint density at radius 2 is 2.04 bits per heavy atom. The van der Waals surface area contributed by atoms with Gasteiger partial charge in [-0.3, -0.25) is 9.59 Å². The molecule has 1 atom stereocenters. The van der Waals surface area contributed by atoms with Gasteiger partial charge in [0.25, 0.3) is 5.91 Å². The van der Waals surface area contributed by atoms with Gasteiger partial charge in [0.2, 0.25) is 5.91 Å². The maximum absolute atomic E-state index is 12.7. The number of ether oxygens (including phenoxy) is 1. The van der Waals surface area contributed by atoms with E-state index in [-0.39, 0.29) is 17.7 Å². The summed E-state index contributed by atoms with van der Waals surface area (Å²) >= 11 is 6.06. The number of hydrogen-bond donors (Lipinski definition) is 1. The van der Waals surface area contributed by atoms with Crippen molar-refractivity contribution in [3.8, 4) is 5.75 Å². The lowest BCUT2D eigenvalue weighted by Crippen LogP contribution is -2.44. The van der Waals surface area contributed by atoms with Gasteiger partial charge < -0.3 is 15.0 Å². The molecule has 0 radical (unpaired) electrons. The number of fused-ring (bicyclic) bond motifs is 1. The second-order valence-corrected chi connectivity index (χ2v) is 7.08. The monoisotopic (exact) mass is 372 g/mol. The van der Waals surface area contributed by atoms with Crippen molar-refractivity contribution >= 4 is 34.8 Å². The van der Waals surface area contributed by atoms with Crippen LogP contribution >= 0.6 is 11.6 Å². The third-order valence-electron chi connectivity index (χ3n) is 4.19. The number of hydrogen-bond acceptors (Lipinski definition) is 3. The maximum atomic E-state index is 12.7. The number of anilines is 2. The van der Waals surface area contributed by atoms with Gasteiger partial charge in [-0.2, -0.15) is 0 Å². The Balaban J connectivity index is 1.94. The van der Waals surface area contributed by atoms with Gasteiger partial charge in [-0.25, -0.2) is 0 Å². The Labute approximate surface area is 157 Å². The fourth-order valence-corrected chi connectivity index (χ4v) is 2.97. The molecule has 2 amide bonds. The number of amides is 2. The summed E-state index contributed by atoms with van der Waals surface area (Å²) in [7, 11) is 0. The highest BCUT2D eigenvalue weighted by Gasteiger charge is 2.32. The van der Waals surface area contributed by atoms with Crippen LogP contribution in [0.2, 0.25) is 5.02 Å². The van der Waals surface area contributed by atoms with Gasteiger partial charge in [0, 0.05) is 16.6 Å². The van der Waals surface area contributed by atoms with Crippen LogP contribution in [0.15, 0.2) is 42.5 Å². The van der Waals surface area contributed by atoms with E-state index in [1.54, 1.807) is 36.1 Å². The molecule has 3 rings (SSSR count). The Morgan fingerprint density at radius 1 is 1.27 bits per heavy atom. The van der Waals surface area contributed by atoms with Crippen molar-refractivity contribution in [2.75, 3.05) is 10.2 Å². The predicted molar refractivity (Wildman–Crippen MR) is 103 cm³/mol. The van der Waals surface area contributed by atoms with Crippen LogP contribution in [0.5, 0.6) is 5.75 Å². The maximum Gasteiger partial charge on any atom is 0.268 e. The molecule has 0 saturated heterocycles. The summed E-state index contributed by atoms with van der Waals surface area (Å²) in [5.74, 6) is 0.265. The van der Waals surface area contributed by atoms with E-state index < -0.39 is 6.10 Å². The first-order chi connectivity index (χ1) is 12.3. The van der Waals surface area contributed by atoms with Crippen molar-refractivity contribution in [3.05, 3.63) is 53.1 Å². The third kappa shape index (κ3) is 3.83. The fourth-order valence-electron chi connectivity index (χ4n) is 2.75. The van der Waals surface area contributed by atoms with Crippen molar-refractivity contribution in [2.45, 2.75) is 33.4 Å². The van der Waals surface area contributed by atoms with Gasteiger partial charge in [0.1, 0.15) is 5.75 Å². The average molecular weight is 373 g/mol. The van der Waals surface area contributed by atoms with E-state index >= 15 is 0 Å². The molecule has 136 valence electrons. The fraction of sp³-hybridized carbons (Fsp3) is 0.300. The number of halogens is 1. The van der Waals surface area contributed by atoms with Gasteiger partial charge in [-0.1, -0.05) is 37.6 Å². The smallest absolute Gasteiger partial charge is 0.268 e. The molecule has 0 aliphatic carbocycles. The zero-order chi connectivity index (χ0) is 18.8. The number of carbonyl (C=O) groups is 2. The first kappa shape index (κ1) is 18.3. The van der Waals surface area contributed by atoms with E-state index in [0.29, 0.717) is 28.7 Å². The Bertz CT molecular complexity index is 851. The number of benzene rings is 2. The Kier molecular flexibility index (Phi) is 5.18. The molecule has 1 aliphatic rings. The van der Waals surface area contributed by atoms with Crippen molar-refractivity contribution in [3.63, 3.8) is 0 Å². The first-order valence-corrected chi connectivity index (χ1v) is 8.90. The molecule has 0 bridgehead atoms. The van der Waals surface area contributed by atoms with E-state index in [1.165, 1.54) is 0 Å². The molecule has 0 spiro atoms. The van der Waals surface area contributed by atoms with Gasteiger partial charge in [-0.05, 0) is 42.8 Å². The standard InChI is InChI=1S/C20H21ClN2O3/c1-12(2)19(24)22-16-7-8-18-17(10-16)23(20(25)13(3)26-18)11-14-5-4-6-15(21)9-14/h4-10,12-13H,11H2,1-3H3,(H,22,24). The van der Waals surface area contributed by atoms with Gasteiger partial charge in [0.05, 0.1) is 12.2 Å². The molecule has 1 unspecified atom stereocenters. The van der Waals surface area contributed by atoms with E-state index in [4.69, 9.17) is 16.3 Å². The molecular weight excluding hydrogens is 352 g/mol. The predicted octanol–water partition coefficient (Wildman–Crippen LogP) is 4.25. The van der Waals surface area contributed by atoms with Crippen LogP contribution in [0.3, 0.4) is 0 Å². The van der Waals surface area contributed by atoms with Crippen LogP contribution in [0, 0.1) is 5.92 Å². The van der Waals surface area contributed by atoms with E-state index in [9.17, 15) is 9.59 Å². The van der Waals surface area contributed by atoms with E-state index in [0.717, 1.165) is 5.56 Å². The number of nitrogens with zero attached hydrogens (tertiary/aromatic N) is 1. The van der Waals surface area contributed by atoms with Gasteiger partial charge in [0.15, 0.2) is 6.10 Å². The molecule has 5 nitrogen and oxygen atoms in total. The summed E-state index contributed by atoms with van der Waals surface area (Å²) in [6, 6.07) is 12.7. The van der Waals surface area contributed by atoms with Crippen molar-refractivity contribution < 1.29 is 14.3 Å². The van der Waals surface area contributed by atoms with Crippen LogP contribution in [-0.4, -0.2) is 17.9 Å². The SMILES string of the molecule is CC(C)C(=O)Nc1ccc2c(c1)N(Cc1cccc(Cl)c1)C(=O)C(C)O2. The molecule has 1 heterocycles. The molecule has 0 aromatic heterocycles. The van der Waals surface area contributed by atoms with Crippen molar-refractivity contribution in [1.29, 1.82) is 0 Å². The minimum atomic E-state index is -0.571. The number of carbonyl (C=O) groups excluding carboxylic acids is 2. The molecule has 0 saturated carbocycles. The number of nitrogens with one attached hydrogen (secondary N) is 1. The zero-order valence-corrected chi connectivity index (χ0v) is 15.7. The lowest BCUT2D eigenvalue weighted by atomic mass is 10.1. The lowest BCUT2D eigenvalue weighted by molar-refractivity contribution is -0.125. The molecule has 2 aromatic rings. The highest BCUT2D eigenvalue weighted by molar-refractivity contribution is 6.30. The summed E-state index contributed by atoms with van der Waals surface area (Å²) in [4.78, 5) is 26.3. The summed E-state index contributed by atoms with van der Waals surface area (Å²) < 4.78 is 5.71. The largest absolute Gasteiger partial charge is 0.479 e. The average Bonchev–Trinajstić information content (AvgIpc) is 2.59. The Morgan fingerprint density at radius 3 is 2.73 bits per heavy atom. The normalized spacial score (nSPS) is 16.3. The van der Waals surface area contributed by atoms with Crippen LogP contribution in [0.1, 0.15) is 26.3 Å². The second-order valence-electron chi connectivity index (χ2n) is 6.64. The summed E-state index contributed by atoms with van der Waals surface area (Å²) in [5.41, 5.74) is 2.18. The minimum absolute atomic E-state index is 0.0808. The summed E-state index contributed by atoms with van der Waals surface area (Å²) in [6.45, 7) is 5.76. The van der Waals surface area contributed by atoms with Crippen LogP contribution in [0.4, 0.5) is 11.4 Å². The second kappa shape index (κ2) is 7.38. The van der Waals surface area contributed by atoms with Gasteiger partial charge >= 0.3 is 0 Å². The summed E-state index contributed by atoms with van der Waals surface area (Å²) in [5, 5.41) is 3.48. The van der Waals surface area contributed by atoms with Gasteiger partial charge in [-0.15, -0.1) is 0 Å². The molecular formula is C20H21ClN2O3. The van der Waals surface area contributed by atoms with Crippen LogP contribution < -0.4 is 15.0 Å². The number of rotatable bonds is 4. The van der Waals surface area contributed by atoms with Crippen LogP contribution in [0.25, 0.3) is 0 Å². The summed E-state index contributed by atoms with van der Waals surface area (Å²) in [6.07, 6.45) is -0.571. The molecule has 1 N–H and O–H groups in total. The highest BCUT2D eigenvalue weighted by Crippen LogP contribution is 2.37. The molecule has 1 aliphatic heterocycles. The first-order valence-electron chi connectivity index (χ1n) is 8.52. The highest BCUT2D eigenvalue weighted by atomic mass is 35.5. The molecule has 26 heavy (non-hydrogen) atoms. The minimum Gasteiger partial charge on any atom is -0.479 e. The molecule has 2 aromatic carbocycles. The zero-order valence-electron chi connectivity index (χ0n) is 15.0. The molecule has 0 fully saturated rings.